The summed E-state index contributed by atoms with van der Waals surface area (Å²) in [4.78, 5) is 4.07. The van der Waals surface area contributed by atoms with Gasteiger partial charge in [-0.3, -0.25) is 4.99 Å². The van der Waals surface area contributed by atoms with Crippen LogP contribution in [0.4, 0.5) is 8.78 Å². The van der Waals surface area contributed by atoms with E-state index in [1.165, 1.54) is 23.8 Å². The van der Waals surface area contributed by atoms with Gasteiger partial charge < -0.3 is 20.9 Å². The lowest BCUT2D eigenvalue weighted by Gasteiger charge is -2.12. The van der Waals surface area contributed by atoms with Gasteiger partial charge in [0.05, 0.1) is 12.6 Å². The zero-order valence-corrected chi connectivity index (χ0v) is 16.3. The molecule has 0 fully saturated rings. The molecule has 2 aromatic carbocycles. The van der Waals surface area contributed by atoms with Gasteiger partial charge in [-0.2, -0.15) is 8.78 Å². The molecule has 0 amide bonds. The molecule has 0 aliphatic rings. The van der Waals surface area contributed by atoms with Gasteiger partial charge in [-0.25, -0.2) is 0 Å². The number of guanidine groups is 1. The Morgan fingerprint density at radius 2 is 1.88 bits per heavy atom. The number of hydrogen-bond acceptors (Lipinski definition) is 3. The number of nitrogens with zero attached hydrogens (tertiary/aromatic N) is 1. The summed E-state index contributed by atoms with van der Waals surface area (Å²) in [7, 11) is 0. The molecule has 0 aromatic heterocycles. The number of aliphatic hydroxyl groups excluding tert-OH is 1. The van der Waals surface area contributed by atoms with Crippen molar-refractivity contribution >= 4 is 29.9 Å². The average Bonchev–Trinajstić information content (AvgIpc) is 2.60. The third-order valence-electron chi connectivity index (χ3n) is 3.47. The Morgan fingerprint density at radius 3 is 2.58 bits per heavy atom. The van der Waals surface area contributed by atoms with Crippen LogP contribution in [0, 0.1) is 0 Å². The van der Waals surface area contributed by atoms with Gasteiger partial charge in [0, 0.05) is 6.54 Å². The smallest absolute Gasteiger partial charge is 0.387 e. The van der Waals surface area contributed by atoms with Gasteiger partial charge >= 0.3 is 6.61 Å². The second-order valence-electron chi connectivity index (χ2n) is 5.36. The number of halogens is 3. The van der Waals surface area contributed by atoms with E-state index in [-0.39, 0.29) is 42.2 Å². The van der Waals surface area contributed by atoms with E-state index in [1.807, 2.05) is 30.3 Å². The van der Waals surface area contributed by atoms with Crippen LogP contribution in [0.2, 0.25) is 0 Å². The molecule has 0 aliphatic heterocycles. The Hall–Kier alpha value is -1.94. The Morgan fingerprint density at radius 1 is 1.15 bits per heavy atom. The average molecular weight is 477 g/mol. The molecule has 142 valence electrons. The van der Waals surface area contributed by atoms with Crippen LogP contribution >= 0.6 is 24.0 Å². The van der Waals surface area contributed by atoms with Crippen LogP contribution in [0.5, 0.6) is 5.75 Å². The first kappa shape index (κ1) is 22.1. The van der Waals surface area contributed by atoms with Crippen LogP contribution in [-0.4, -0.2) is 30.8 Å². The molecule has 5 nitrogen and oxygen atoms in total. The number of hydrogen-bond donors (Lipinski definition) is 3. The Labute approximate surface area is 168 Å². The predicted molar refractivity (Wildman–Crippen MR) is 108 cm³/mol. The van der Waals surface area contributed by atoms with E-state index in [2.05, 4.69) is 15.0 Å². The van der Waals surface area contributed by atoms with Crippen molar-refractivity contribution < 1.29 is 18.6 Å². The second-order valence-corrected chi connectivity index (χ2v) is 5.36. The molecule has 0 spiro atoms. The van der Waals surface area contributed by atoms with Crippen molar-refractivity contribution in [1.82, 2.24) is 5.32 Å². The minimum Gasteiger partial charge on any atom is -0.435 e. The molecule has 2 aromatic rings. The number of aliphatic hydroxyl groups is 1. The molecular weight excluding hydrogens is 455 g/mol. The summed E-state index contributed by atoms with van der Waals surface area (Å²) in [6.07, 6.45) is -0.164. The molecule has 0 heterocycles. The highest BCUT2D eigenvalue weighted by Gasteiger charge is 2.10. The van der Waals surface area contributed by atoms with E-state index < -0.39 is 12.7 Å². The van der Waals surface area contributed by atoms with Crippen molar-refractivity contribution in [3.05, 3.63) is 65.7 Å². The third kappa shape index (κ3) is 7.96. The van der Waals surface area contributed by atoms with Crippen molar-refractivity contribution in [3.63, 3.8) is 0 Å². The Kier molecular flexibility index (Phi) is 9.89. The van der Waals surface area contributed by atoms with E-state index in [4.69, 9.17) is 5.73 Å². The molecule has 1 atom stereocenters. The summed E-state index contributed by atoms with van der Waals surface area (Å²) in [5.41, 5.74) is 7.37. The maximum atomic E-state index is 12.2. The number of aliphatic imine (C=N–C) groups is 1. The second kappa shape index (κ2) is 11.6. The molecule has 26 heavy (non-hydrogen) atoms. The highest BCUT2D eigenvalue weighted by Crippen LogP contribution is 2.21. The lowest BCUT2D eigenvalue weighted by Crippen LogP contribution is -2.33. The van der Waals surface area contributed by atoms with Crippen LogP contribution in [0.3, 0.4) is 0 Å². The first-order valence-corrected chi connectivity index (χ1v) is 7.85. The quantitative estimate of drug-likeness (QED) is 0.310. The predicted octanol–water partition coefficient (Wildman–Crippen LogP) is 3.09. The summed E-state index contributed by atoms with van der Waals surface area (Å²) in [5, 5.41) is 13.1. The number of nitrogens with one attached hydrogen (secondary N) is 1. The first-order valence-electron chi connectivity index (χ1n) is 7.85. The van der Waals surface area contributed by atoms with Gasteiger partial charge in [0.15, 0.2) is 5.96 Å². The summed E-state index contributed by atoms with van der Waals surface area (Å²) in [6.45, 7) is -2.27. The standard InChI is InChI=1S/C18H21F2N3O2.HI/c19-17(20)25-15-8-4-7-14(11-15)16(24)12-23-18(21)22-10-9-13-5-2-1-3-6-13;/h1-8,11,16-17,24H,9-10,12H2,(H3,21,22,23);1H. The fourth-order valence-corrected chi connectivity index (χ4v) is 2.22. The first-order chi connectivity index (χ1) is 12.0. The fourth-order valence-electron chi connectivity index (χ4n) is 2.22. The molecule has 1 unspecified atom stereocenters. The third-order valence-corrected chi connectivity index (χ3v) is 3.47. The summed E-state index contributed by atoms with van der Waals surface area (Å²) >= 11 is 0. The number of benzene rings is 2. The zero-order valence-electron chi connectivity index (χ0n) is 14.0. The van der Waals surface area contributed by atoms with Crippen molar-refractivity contribution in [3.8, 4) is 5.75 Å². The molecule has 0 bridgehead atoms. The van der Waals surface area contributed by atoms with Crippen LogP contribution in [0.1, 0.15) is 17.2 Å². The van der Waals surface area contributed by atoms with Crippen LogP contribution in [-0.2, 0) is 6.42 Å². The summed E-state index contributed by atoms with van der Waals surface area (Å²) in [6, 6.07) is 15.8. The van der Waals surface area contributed by atoms with Crippen molar-refractivity contribution in [2.45, 2.75) is 19.1 Å². The zero-order chi connectivity index (χ0) is 18.1. The number of nitrogens with two attached hydrogens (primary N) is 1. The number of alkyl halides is 2. The summed E-state index contributed by atoms with van der Waals surface area (Å²) in [5.74, 6) is 0.208. The molecule has 0 aliphatic carbocycles. The highest BCUT2D eigenvalue weighted by atomic mass is 127. The van der Waals surface area contributed by atoms with Crippen LogP contribution < -0.4 is 15.8 Å². The minimum absolute atomic E-state index is 0. The number of rotatable bonds is 8. The summed E-state index contributed by atoms with van der Waals surface area (Å²) < 4.78 is 28.7. The van der Waals surface area contributed by atoms with Crippen molar-refractivity contribution in [2.24, 2.45) is 10.7 Å². The molecular formula is C18H22F2IN3O2. The van der Waals surface area contributed by atoms with Gasteiger partial charge in [-0.05, 0) is 29.7 Å². The van der Waals surface area contributed by atoms with Crippen molar-refractivity contribution in [2.75, 3.05) is 13.1 Å². The lowest BCUT2D eigenvalue weighted by molar-refractivity contribution is -0.0499. The molecule has 0 saturated heterocycles. The Bertz CT molecular complexity index is 687. The SMILES string of the molecule is I.NC(=NCC(O)c1cccc(OC(F)F)c1)NCCc1ccccc1. The molecule has 4 N–H and O–H groups in total. The fraction of sp³-hybridized carbons (Fsp3) is 0.278. The van der Waals surface area contributed by atoms with Crippen molar-refractivity contribution in [1.29, 1.82) is 0 Å². The minimum atomic E-state index is -2.91. The van der Waals surface area contributed by atoms with Gasteiger partial charge in [-0.1, -0.05) is 42.5 Å². The van der Waals surface area contributed by atoms with E-state index in [9.17, 15) is 13.9 Å². The van der Waals surface area contributed by atoms with E-state index in [0.717, 1.165) is 6.42 Å². The topological polar surface area (TPSA) is 79.9 Å². The van der Waals surface area contributed by atoms with E-state index in [0.29, 0.717) is 12.1 Å². The van der Waals surface area contributed by atoms with Gasteiger partial charge in [0.2, 0.25) is 0 Å². The molecule has 0 radical (unpaired) electrons. The normalized spacial score (nSPS) is 12.4. The van der Waals surface area contributed by atoms with Crippen LogP contribution in [0.25, 0.3) is 0 Å². The maximum Gasteiger partial charge on any atom is 0.387 e. The van der Waals surface area contributed by atoms with Crippen LogP contribution in [0.15, 0.2) is 59.6 Å². The monoisotopic (exact) mass is 477 g/mol. The number of ether oxygens (including phenoxy) is 1. The van der Waals surface area contributed by atoms with Gasteiger partial charge in [0.1, 0.15) is 5.75 Å². The molecule has 8 heteroatoms. The van der Waals surface area contributed by atoms with Gasteiger partial charge in [-0.15, -0.1) is 24.0 Å². The van der Waals surface area contributed by atoms with E-state index >= 15 is 0 Å². The Balaban J connectivity index is 0.00000338. The molecule has 2 rings (SSSR count). The maximum absolute atomic E-state index is 12.2. The highest BCUT2D eigenvalue weighted by molar-refractivity contribution is 14.0. The largest absolute Gasteiger partial charge is 0.435 e. The van der Waals surface area contributed by atoms with E-state index in [1.54, 1.807) is 6.07 Å². The lowest BCUT2D eigenvalue weighted by atomic mass is 10.1. The molecule has 0 saturated carbocycles. The van der Waals surface area contributed by atoms with Gasteiger partial charge in [0.25, 0.3) is 0 Å².